The third kappa shape index (κ3) is 3.75. The number of allylic oxidation sites excluding steroid dienone is 4. The topological polar surface area (TPSA) is 0 Å². The van der Waals surface area contributed by atoms with Gasteiger partial charge in [-0.1, -0.05) is 0 Å². The summed E-state index contributed by atoms with van der Waals surface area (Å²) in [7, 11) is 0. The molecule has 0 spiro atoms. The van der Waals surface area contributed by atoms with Crippen LogP contribution in [0.5, 0.6) is 0 Å². The molecule has 0 bridgehead atoms. The molecule has 147 valence electrons. The van der Waals surface area contributed by atoms with E-state index in [1.165, 1.54) is 51.6 Å². The van der Waals surface area contributed by atoms with Gasteiger partial charge in [-0.3, -0.25) is 0 Å². The Morgan fingerprint density at radius 1 is 0.828 bits per heavy atom. The monoisotopic (exact) mass is 505 g/mol. The maximum atomic E-state index is 15.5. The van der Waals surface area contributed by atoms with Crippen LogP contribution < -0.4 is 35.3 Å². The fraction of sp³-hybridized carbons (Fsp3) is 0.250. The second-order valence-corrected chi connectivity index (χ2v) is 8.81. The van der Waals surface area contributed by atoms with Crippen molar-refractivity contribution < 1.29 is 58.3 Å². The van der Waals surface area contributed by atoms with E-state index < -0.39 is 0 Å². The Morgan fingerprint density at radius 3 is 2.28 bits per heavy atom. The van der Waals surface area contributed by atoms with Gasteiger partial charge in [-0.2, -0.15) is 0 Å². The van der Waals surface area contributed by atoms with E-state index in [9.17, 15) is 4.39 Å². The first-order chi connectivity index (χ1) is 13.1. The SMILES string of the molecule is Fc1ccc2c(c1)=c1cc(F)c(=C3CCCCC3)c(C3=CC=CC3)c1[C]=2[Zr+2].[Cl-].[Cl-]. The molecule has 0 amide bonds. The summed E-state index contributed by atoms with van der Waals surface area (Å²) >= 11 is 1.28. The Kier molecular flexibility index (Phi) is 7.04. The molecule has 0 aromatic heterocycles. The van der Waals surface area contributed by atoms with Crippen LogP contribution in [0.2, 0.25) is 0 Å². The zero-order valence-corrected chi connectivity index (χ0v) is 19.8. The number of rotatable bonds is 1. The molecule has 0 N–H and O–H groups in total. The van der Waals surface area contributed by atoms with Crippen LogP contribution >= 0.6 is 0 Å². The van der Waals surface area contributed by atoms with Crippen LogP contribution in [-0.4, -0.2) is 0 Å². The summed E-state index contributed by atoms with van der Waals surface area (Å²) in [6.07, 6.45) is 12.6. The van der Waals surface area contributed by atoms with Gasteiger partial charge in [-0.05, 0) is 0 Å². The first-order valence-electron chi connectivity index (χ1n) is 9.62. The largest absolute Gasteiger partial charge is 1.00 e. The van der Waals surface area contributed by atoms with Gasteiger partial charge in [0, 0.05) is 0 Å². The number of halogens is 4. The van der Waals surface area contributed by atoms with Crippen LogP contribution in [0.1, 0.15) is 49.7 Å². The third-order valence-corrected chi connectivity index (χ3v) is 7.25. The first-order valence-corrected chi connectivity index (χ1v) is 10.8. The summed E-state index contributed by atoms with van der Waals surface area (Å²) in [5.74, 6) is -0.409. The molecule has 0 atom stereocenters. The Hall–Kier alpha value is -1.02. The van der Waals surface area contributed by atoms with Crippen LogP contribution in [-0.2, 0) is 24.7 Å². The van der Waals surface area contributed by atoms with E-state index in [4.69, 9.17) is 0 Å². The Morgan fingerprint density at radius 2 is 1.59 bits per heavy atom. The third-order valence-electron chi connectivity index (χ3n) is 5.97. The van der Waals surface area contributed by atoms with Crippen molar-refractivity contribution in [1.29, 1.82) is 0 Å². The van der Waals surface area contributed by atoms with Crippen molar-refractivity contribution in [3.63, 3.8) is 0 Å². The number of fused-ring (bicyclic) bond motifs is 2. The molecular formula is C24H19Cl2F2Zr. The van der Waals surface area contributed by atoms with Crippen molar-refractivity contribution in [2.45, 2.75) is 38.5 Å². The van der Waals surface area contributed by atoms with E-state index >= 15 is 4.39 Å². The molecular weight excluding hydrogens is 488 g/mol. The average Bonchev–Trinajstić information content (AvgIpc) is 3.29. The normalized spacial score (nSPS) is 16.8. The quantitative estimate of drug-likeness (QED) is 0.452. The van der Waals surface area contributed by atoms with E-state index in [0.29, 0.717) is 0 Å². The van der Waals surface area contributed by atoms with E-state index in [1.54, 1.807) is 12.1 Å². The summed E-state index contributed by atoms with van der Waals surface area (Å²) in [5, 5.41) is 3.58. The predicted octanol–water partition coefficient (Wildman–Crippen LogP) is -1.27. The molecule has 2 aromatic rings. The molecule has 5 rings (SSSR count). The minimum Gasteiger partial charge on any atom is -1.00 e. The second-order valence-electron chi connectivity index (χ2n) is 7.58. The number of hydrogen-bond acceptors (Lipinski definition) is 0. The van der Waals surface area contributed by atoms with E-state index in [2.05, 4.69) is 18.2 Å². The summed E-state index contributed by atoms with van der Waals surface area (Å²) in [5.41, 5.74) is 4.65. The summed E-state index contributed by atoms with van der Waals surface area (Å²) < 4.78 is 30.7. The Balaban J connectivity index is 0.00000120. The minimum atomic E-state index is -0.264. The molecule has 3 aliphatic carbocycles. The molecule has 0 aliphatic heterocycles. The average molecular weight is 508 g/mol. The molecule has 0 saturated heterocycles. The van der Waals surface area contributed by atoms with Crippen molar-refractivity contribution in [3.05, 3.63) is 86.1 Å². The van der Waals surface area contributed by atoms with Gasteiger partial charge < -0.3 is 24.8 Å². The predicted molar refractivity (Wildman–Crippen MR) is 100 cm³/mol. The van der Waals surface area contributed by atoms with Crippen molar-refractivity contribution >= 4 is 14.4 Å². The summed E-state index contributed by atoms with van der Waals surface area (Å²) in [6.45, 7) is 0. The van der Waals surface area contributed by atoms with Crippen LogP contribution in [0.15, 0.2) is 42.5 Å². The van der Waals surface area contributed by atoms with Crippen molar-refractivity contribution in [2.24, 2.45) is 0 Å². The zero-order valence-electron chi connectivity index (χ0n) is 15.8. The molecule has 5 heteroatoms. The molecule has 3 aliphatic rings. The van der Waals surface area contributed by atoms with Gasteiger partial charge >= 0.3 is 173 Å². The number of hydrogen-bond donors (Lipinski definition) is 0. The van der Waals surface area contributed by atoms with Gasteiger partial charge in [0.2, 0.25) is 0 Å². The van der Waals surface area contributed by atoms with E-state index in [0.717, 1.165) is 64.1 Å². The molecule has 29 heavy (non-hydrogen) atoms. The zero-order chi connectivity index (χ0) is 18.5. The van der Waals surface area contributed by atoms with Gasteiger partial charge in [0.15, 0.2) is 0 Å². The maximum Gasteiger partial charge on any atom is -1.00 e. The van der Waals surface area contributed by atoms with Crippen LogP contribution in [0, 0.1) is 22.1 Å². The standard InChI is InChI=1S/C24H19F2.2ClH.Zr/c25-18-11-10-17-12-21-20(19(17)13-18)14-22(26)24(16-6-2-1-3-7-16)23(21)15-8-4-5-9-15;;;/h4-5,8,10-11,13-14H,1-3,6-7,9H2;2*1H;/q;;;+2/p-2. The molecule has 0 nitrogen and oxygen atoms in total. The first kappa shape index (κ1) is 22.7. The maximum absolute atomic E-state index is 15.5. The van der Waals surface area contributed by atoms with Gasteiger partial charge in [0.25, 0.3) is 0 Å². The van der Waals surface area contributed by atoms with Crippen LogP contribution in [0.4, 0.5) is 8.78 Å². The van der Waals surface area contributed by atoms with Crippen molar-refractivity contribution in [1.82, 2.24) is 0 Å². The molecule has 0 unspecified atom stereocenters. The second kappa shape index (κ2) is 9.00. The summed E-state index contributed by atoms with van der Waals surface area (Å²) in [4.78, 5) is 0. The van der Waals surface area contributed by atoms with Gasteiger partial charge in [-0.15, -0.1) is 0 Å². The molecule has 0 heterocycles. The number of benzene rings is 2. The molecule has 1 fully saturated rings. The van der Waals surface area contributed by atoms with Crippen LogP contribution in [0.3, 0.4) is 0 Å². The molecule has 2 aromatic carbocycles. The fourth-order valence-electron chi connectivity index (χ4n) is 4.74. The van der Waals surface area contributed by atoms with Crippen molar-refractivity contribution in [3.8, 4) is 0 Å². The molecule has 0 radical (unpaired) electrons. The Bertz CT molecular complexity index is 1250. The van der Waals surface area contributed by atoms with Crippen molar-refractivity contribution in [2.75, 3.05) is 0 Å². The minimum absolute atomic E-state index is 0. The Labute approximate surface area is 196 Å². The fourth-order valence-corrected chi connectivity index (χ4v) is 5.92. The van der Waals surface area contributed by atoms with Gasteiger partial charge in [0.05, 0.1) is 0 Å². The summed E-state index contributed by atoms with van der Waals surface area (Å²) in [6, 6.07) is 6.58. The smallest absolute Gasteiger partial charge is 1.00 e. The van der Waals surface area contributed by atoms with Gasteiger partial charge in [0.1, 0.15) is 0 Å². The van der Waals surface area contributed by atoms with Crippen LogP contribution in [0.25, 0.3) is 14.4 Å². The van der Waals surface area contributed by atoms with E-state index in [-0.39, 0.29) is 36.4 Å². The van der Waals surface area contributed by atoms with E-state index in [1.807, 2.05) is 6.07 Å². The molecule has 1 saturated carbocycles. The van der Waals surface area contributed by atoms with Gasteiger partial charge in [-0.25, -0.2) is 0 Å².